The van der Waals surface area contributed by atoms with Gasteiger partial charge in [0, 0.05) is 5.69 Å². The maximum Gasteiger partial charge on any atom is 0.261 e. The van der Waals surface area contributed by atoms with Crippen LogP contribution in [0.1, 0.15) is 5.82 Å². The number of hydrogen-bond donors (Lipinski definition) is 2. The van der Waals surface area contributed by atoms with Gasteiger partial charge in [0.25, 0.3) is 5.56 Å². The fourth-order valence-electron chi connectivity index (χ4n) is 3.02. The lowest BCUT2D eigenvalue weighted by Gasteiger charge is -2.11. The van der Waals surface area contributed by atoms with Crippen molar-refractivity contribution in [2.75, 3.05) is 10.6 Å². The molecule has 144 valence electrons. The van der Waals surface area contributed by atoms with Crippen molar-refractivity contribution in [2.45, 2.75) is 13.5 Å². The zero-order valence-electron chi connectivity index (χ0n) is 15.8. The fourth-order valence-corrected chi connectivity index (χ4v) is 3.02. The van der Waals surface area contributed by atoms with Gasteiger partial charge in [-0.1, -0.05) is 30.3 Å². The second-order valence-electron chi connectivity index (χ2n) is 6.54. The molecule has 4 rings (SSSR count). The lowest BCUT2D eigenvalue weighted by molar-refractivity contribution is -0.116. The lowest BCUT2D eigenvalue weighted by Crippen LogP contribution is -2.30. The third-order valence-corrected chi connectivity index (χ3v) is 4.45. The highest BCUT2D eigenvalue weighted by atomic mass is 16.2. The Hall–Kier alpha value is -4.00. The van der Waals surface area contributed by atoms with Crippen LogP contribution in [0.2, 0.25) is 0 Å². The molecular formula is C22H19N5O2. The van der Waals surface area contributed by atoms with E-state index in [1.54, 1.807) is 43.5 Å². The van der Waals surface area contributed by atoms with E-state index in [4.69, 9.17) is 0 Å². The molecule has 0 atom stereocenters. The summed E-state index contributed by atoms with van der Waals surface area (Å²) >= 11 is 0. The molecule has 0 bridgehead atoms. The van der Waals surface area contributed by atoms with Crippen LogP contribution in [-0.2, 0) is 11.3 Å². The largest absolute Gasteiger partial charge is 0.340 e. The average molecular weight is 385 g/mol. The number of rotatable bonds is 5. The van der Waals surface area contributed by atoms with Crippen molar-refractivity contribution in [1.82, 2.24) is 14.5 Å². The smallest absolute Gasteiger partial charge is 0.261 e. The number of nitrogens with zero attached hydrogens (tertiary/aromatic N) is 3. The molecule has 0 radical (unpaired) electrons. The Bertz CT molecular complexity index is 1220. The van der Waals surface area contributed by atoms with E-state index in [1.807, 2.05) is 36.4 Å². The molecular weight excluding hydrogens is 366 g/mol. The summed E-state index contributed by atoms with van der Waals surface area (Å²) in [5, 5.41) is 6.44. The van der Waals surface area contributed by atoms with Gasteiger partial charge in [-0.25, -0.2) is 9.97 Å². The van der Waals surface area contributed by atoms with Gasteiger partial charge in [-0.05, 0) is 43.3 Å². The van der Waals surface area contributed by atoms with Crippen LogP contribution < -0.4 is 16.2 Å². The summed E-state index contributed by atoms with van der Waals surface area (Å²) < 4.78 is 1.37. The molecule has 7 nitrogen and oxygen atoms in total. The monoisotopic (exact) mass is 385 g/mol. The second kappa shape index (κ2) is 7.93. The van der Waals surface area contributed by atoms with Crippen LogP contribution >= 0.6 is 0 Å². The van der Waals surface area contributed by atoms with Crippen LogP contribution in [0.5, 0.6) is 0 Å². The number of amides is 1. The highest BCUT2D eigenvalue weighted by Crippen LogP contribution is 2.16. The molecule has 0 saturated carbocycles. The van der Waals surface area contributed by atoms with Crippen LogP contribution in [0.15, 0.2) is 77.7 Å². The Morgan fingerprint density at radius 1 is 0.966 bits per heavy atom. The van der Waals surface area contributed by atoms with Gasteiger partial charge in [0.15, 0.2) is 0 Å². The predicted molar refractivity (Wildman–Crippen MR) is 113 cm³/mol. The second-order valence-corrected chi connectivity index (χ2v) is 6.54. The summed E-state index contributed by atoms with van der Waals surface area (Å²) in [7, 11) is 0. The zero-order valence-corrected chi connectivity index (χ0v) is 15.8. The van der Waals surface area contributed by atoms with E-state index < -0.39 is 0 Å². The molecule has 4 aromatic rings. The first kappa shape index (κ1) is 18.4. The number of aromatic nitrogens is 3. The minimum Gasteiger partial charge on any atom is -0.340 e. The summed E-state index contributed by atoms with van der Waals surface area (Å²) in [6.45, 7) is 1.60. The molecule has 2 aromatic carbocycles. The molecule has 2 N–H and O–H groups in total. The van der Waals surface area contributed by atoms with Crippen LogP contribution in [0.3, 0.4) is 0 Å². The van der Waals surface area contributed by atoms with Gasteiger partial charge >= 0.3 is 0 Å². The van der Waals surface area contributed by atoms with Crippen molar-refractivity contribution >= 4 is 34.0 Å². The Morgan fingerprint density at radius 2 is 1.72 bits per heavy atom. The normalized spacial score (nSPS) is 10.7. The topological polar surface area (TPSA) is 88.9 Å². The van der Waals surface area contributed by atoms with Gasteiger partial charge in [-0.15, -0.1) is 0 Å². The predicted octanol–water partition coefficient (Wildman–Crippen LogP) is 3.48. The van der Waals surface area contributed by atoms with Crippen LogP contribution in [0, 0.1) is 6.92 Å². The Labute approximate surface area is 167 Å². The summed E-state index contributed by atoms with van der Waals surface area (Å²) in [6.07, 6.45) is 1.57. The van der Waals surface area contributed by atoms with Crippen molar-refractivity contribution < 1.29 is 4.79 Å². The third kappa shape index (κ3) is 4.14. The van der Waals surface area contributed by atoms with E-state index in [2.05, 4.69) is 20.6 Å². The average Bonchev–Trinajstić information content (AvgIpc) is 2.73. The van der Waals surface area contributed by atoms with Crippen molar-refractivity contribution in [2.24, 2.45) is 0 Å². The Balaban J connectivity index is 1.46. The van der Waals surface area contributed by atoms with E-state index in [-0.39, 0.29) is 18.0 Å². The van der Waals surface area contributed by atoms with Crippen molar-refractivity contribution in [3.8, 4) is 0 Å². The van der Waals surface area contributed by atoms with Crippen LogP contribution in [-0.4, -0.2) is 20.4 Å². The minimum atomic E-state index is -0.321. The first-order valence-corrected chi connectivity index (χ1v) is 9.14. The summed E-state index contributed by atoms with van der Waals surface area (Å²) in [6, 6.07) is 20.3. The summed E-state index contributed by atoms with van der Waals surface area (Å²) in [5.41, 5.74) is 1.87. The molecule has 2 heterocycles. The van der Waals surface area contributed by atoms with Crippen molar-refractivity contribution in [3.05, 3.63) is 89.1 Å². The Kier molecular flexibility index (Phi) is 5.03. The number of carbonyl (C=O) groups is 1. The van der Waals surface area contributed by atoms with E-state index in [0.717, 1.165) is 5.69 Å². The molecule has 0 unspecified atom stereocenters. The standard InChI is InChI=1S/C22H19N5O2/c1-15-24-19-10-6-5-9-18(19)22(29)27(15)14-21(28)26-17-11-12-20(23-13-17)25-16-7-3-2-4-8-16/h2-13H,14H2,1H3,(H,23,25)(H,26,28). The van der Waals surface area contributed by atoms with Gasteiger partial charge in [0.2, 0.25) is 5.91 Å². The number of para-hydroxylation sites is 2. The third-order valence-electron chi connectivity index (χ3n) is 4.45. The number of benzene rings is 2. The van der Waals surface area contributed by atoms with E-state index in [0.29, 0.717) is 28.2 Å². The quantitative estimate of drug-likeness (QED) is 0.549. The fraction of sp³-hybridized carbons (Fsp3) is 0.0909. The van der Waals surface area contributed by atoms with E-state index >= 15 is 0 Å². The summed E-state index contributed by atoms with van der Waals surface area (Å²) in [5.74, 6) is 0.835. The van der Waals surface area contributed by atoms with Gasteiger partial charge < -0.3 is 10.6 Å². The summed E-state index contributed by atoms with van der Waals surface area (Å²) in [4.78, 5) is 33.8. The van der Waals surface area contributed by atoms with E-state index in [1.165, 1.54) is 4.57 Å². The Morgan fingerprint density at radius 3 is 2.48 bits per heavy atom. The van der Waals surface area contributed by atoms with Gasteiger partial charge in [-0.3, -0.25) is 14.2 Å². The molecule has 1 amide bonds. The first-order valence-electron chi connectivity index (χ1n) is 9.14. The molecule has 0 fully saturated rings. The van der Waals surface area contributed by atoms with E-state index in [9.17, 15) is 9.59 Å². The molecule has 0 spiro atoms. The van der Waals surface area contributed by atoms with Crippen LogP contribution in [0.25, 0.3) is 10.9 Å². The molecule has 0 aliphatic carbocycles. The minimum absolute atomic E-state index is 0.119. The SMILES string of the molecule is Cc1nc2ccccc2c(=O)n1CC(=O)Nc1ccc(Nc2ccccc2)nc1. The maximum absolute atomic E-state index is 12.7. The zero-order chi connectivity index (χ0) is 20.2. The van der Waals surface area contributed by atoms with Gasteiger partial charge in [0.1, 0.15) is 18.2 Å². The highest BCUT2D eigenvalue weighted by molar-refractivity contribution is 5.90. The first-order chi connectivity index (χ1) is 14.1. The lowest BCUT2D eigenvalue weighted by atomic mass is 10.2. The van der Waals surface area contributed by atoms with Crippen molar-refractivity contribution in [3.63, 3.8) is 0 Å². The number of pyridine rings is 1. The molecule has 0 aliphatic heterocycles. The number of carbonyl (C=O) groups excluding carboxylic acids is 1. The highest BCUT2D eigenvalue weighted by Gasteiger charge is 2.11. The molecule has 29 heavy (non-hydrogen) atoms. The number of anilines is 3. The number of fused-ring (bicyclic) bond motifs is 1. The number of hydrogen-bond acceptors (Lipinski definition) is 5. The number of nitrogens with one attached hydrogen (secondary N) is 2. The molecule has 7 heteroatoms. The van der Waals surface area contributed by atoms with Gasteiger partial charge in [0.05, 0.1) is 22.8 Å². The number of aryl methyl sites for hydroxylation is 1. The molecule has 2 aromatic heterocycles. The van der Waals surface area contributed by atoms with Gasteiger partial charge in [-0.2, -0.15) is 0 Å². The molecule has 0 saturated heterocycles. The van der Waals surface area contributed by atoms with Crippen molar-refractivity contribution in [1.29, 1.82) is 0 Å². The molecule has 0 aliphatic rings. The maximum atomic E-state index is 12.7. The van der Waals surface area contributed by atoms with Crippen LogP contribution in [0.4, 0.5) is 17.2 Å².